The van der Waals surface area contributed by atoms with Gasteiger partial charge >= 0.3 is 0 Å². The molecule has 2 aliphatic rings. The SMILES string of the molecule is CCCc1noc(CCC(=O)N2CCN(C(=O)C3CCCO3)CC2)n1. The third-order valence-electron chi connectivity index (χ3n) is 4.69. The van der Waals surface area contributed by atoms with Crippen LogP contribution < -0.4 is 0 Å². The van der Waals surface area contributed by atoms with Crippen LogP contribution in [0.2, 0.25) is 0 Å². The molecule has 1 aromatic heterocycles. The number of aryl methyl sites for hydroxylation is 2. The standard InChI is InChI=1S/C17H26N4O4/c1-2-4-14-18-15(25-19-14)6-7-16(22)20-8-10-21(11-9-20)17(23)13-5-3-12-24-13/h13H,2-12H2,1H3. The van der Waals surface area contributed by atoms with E-state index in [1.807, 2.05) is 9.80 Å². The summed E-state index contributed by atoms with van der Waals surface area (Å²) >= 11 is 0. The molecule has 3 heterocycles. The average molecular weight is 350 g/mol. The quantitative estimate of drug-likeness (QED) is 0.754. The van der Waals surface area contributed by atoms with Crippen molar-refractivity contribution in [3.8, 4) is 0 Å². The Kier molecular flexibility index (Phi) is 6.01. The van der Waals surface area contributed by atoms with Crippen LogP contribution in [0.1, 0.15) is 44.3 Å². The van der Waals surface area contributed by atoms with Crippen molar-refractivity contribution in [1.29, 1.82) is 0 Å². The minimum Gasteiger partial charge on any atom is -0.368 e. The Labute approximate surface area is 147 Å². The molecule has 3 rings (SSSR count). The van der Waals surface area contributed by atoms with Gasteiger partial charge in [-0.1, -0.05) is 12.1 Å². The minimum absolute atomic E-state index is 0.0684. The minimum atomic E-state index is -0.280. The first-order valence-corrected chi connectivity index (χ1v) is 9.17. The summed E-state index contributed by atoms with van der Waals surface area (Å²) < 4.78 is 10.6. The van der Waals surface area contributed by atoms with E-state index < -0.39 is 0 Å². The van der Waals surface area contributed by atoms with Crippen LogP contribution in [0.3, 0.4) is 0 Å². The van der Waals surface area contributed by atoms with Crippen molar-refractivity contribution in [3.05, 3.63) is 11.7 Å². The van der Waals surface area contributed by atoms with Crippen LogP contribution in [0.25, 0.3) is 0 Å². The molecule has 138 valence electrons. The van der Waals surface area contributed by atoms with Gasteiger partial charge in [0.2, 0.25) is 11.8 Å². The van der Waals surface area contributed by atoms with E-state index >= 15 is 0 Å². The Morgan fingerprint density at radius 1 is 1.16 bits per heavy atom. The number of hydrogen-bond donors (Lipinski definition) is 0. The number of hydrogen-bond acceptors (Lipinski definition) is 6. The third kappa shape index (κ3) is 4.56. The molecular weight excluding hydrogens is 324 g/mol. The highest BCUT2D eigenvalue weighted by atomic mass is 16.5. The number of rotatable bonds is 6. The number of aromatic nitrogens is 2. The lowest BCUT2D eigenvalue weighted by molar-refractivity contribution is -0.146. The zero-order valence-corrected chi connectivity index (χ0v) is 14.8. The van der Waals surface area contributed by atoms with Crippen LogP contribution in [0.4, 0.5) is 0 Å². The van der Waals surface area contributed by atoms with Gasteiger partial charge in [0.05, 0.1) is 0 Å². The fourth-order valence-corrected chi connectivity index (χ4v) is 3.24. The van der Waals surface area contributed by atoms with Gasteiger partial charge in [0.1, 0.15) is 6.10 Å². The van der Waals surface area contributed by atoms with Crippen LogP contribution in [-0.4, -0.2) is 70.6 Å². The lowest BCUT2D eigenvalue weighted by Gasteiger charge is -2.35. The molecule has 1 atom stereocenters. The van der Waals surface area contributed by atoms with E-state index in [4.69, 9.17) is 9.26 Å². The number of nitrogens with zero attached hydrogens (tertiary/aromatic N) is 4. The maximum atomic E-state index is 12.3. The van der Waals surface area contributed by atoms with E-state index in [2.05, 4.69) is 17.1 Å². The van der Waals surface area contributed by atoms with Gasteiger partial charge in [0.15, 0.2) is 5.82 Å². The first-order valence-electron chi connectivity index (χ1n) is 9.17. The van der Waals surface area contributed by atoms with Gasteiger partial charge < -0.3 is 19.1 Å². The van der Waals surface area contributed by atoms with Crippen LogP contribution in [-0.2, 0) is 27.2 Å². The van der Waals surface area contributed by atoms with Gasteiger partial charge in [-0.3, -0.25) is 9.59 Å². The van der Waals surface area contributed by atoms with Gasteiger partial charge in [-0.05, 0) is 19.3 Å². The van der Waals surface area contributed by atoms with E-state index in [1.54, 1.807) is 0 Å². The first-order chi connectivity index (χ1) is 12.2. The molecule has 0 aliphatic carbocycles. The summed E-state index contributed by atoms with van der Waals surface area (Å²) in [5.41, 5.74) is 0. The lowest BCUT2D eigenvalue weighted by Crippen LogP contribution is -2.52. The number of piperazine rings is 1. The van der Waals surface area contributed by atoms with Gasteiger partial charge in [-0.15, -0.1) is 0 Å². The summed E-state index contributed by atoms with van der Waals surface area (Å²) in [6.45, 7) is 5.02. The summed E-state index contributed by atoms with van der Waals surface area (Å²) in [6, 6.07) is 0. The summed E-state index contributed by atoms with van der Waals surface area (Å²) in [5.74, 6) is 1.36. The Hall–Kier alpha value is -1.96. The predicted molar refractivity (Wildman–Crippen MR) is 88.7 cm³/mol. The topological polar surface area (TPSA) is 88.8 Å². The molecule has 0 bridgehead atoms. The fourth-order valence-electron chi connectivity index (χ4n) is 3.24. The molecule has 0 spiro atoms. The smallest absolute Gasteiger partial charge is 0.251 e. The third-order valence-corrected chi connectivity index (χ3v) is 4.69. The molecular formula is C17H26N4O4. The van der Waals surface area contributed by atoms with Crippen molar-refractivity contribution < 1.29 is 18.8 Å². The molecule has 0 radical (unpaired) electrons. The Morgan fingerprint density at radius 2 is 1.92 bits per heavy atom. The first kappa shape index (κ1) is 17.8. The lowest BCUT2D eigenvalue weighted by atomic mass is 10.2. The molecule has 25 heavy (non-hydrogen) atoms. The molecule has 0 saturated carbocycles. The van der Waals surface area contributed by atoms with Crippen molar-refractivity contribution in [2.24, 2.45) is 0 Å². The molecule has 2 aliphatic heterocycles. The van der Waals surface area contributed by atoms with Crippen molar-refractivity contribution >= 4 is 11.8 Å². The fraction of sp³-hybridized carbons (Fsp3) is 0.765. The molecule has 2 fully saturated rings. The summed E-state index contributed by atoms with van der Waals surface area (Å²) in [4.78, 5) is 32.6. The van der Waals surface area contributed by atoms with Crippen molar-refractivity contribution in [3.63, 3.8) is 0 Å². The molecule has 1 aromatic rings. The second-order valence-electron chi connectivity index (χ2n) is 6.56. The van der Waals surface area contributed by atoms with Crippen molar-refractivity contribution in [2.45, 2.75) is 51.6 Å². The molecule has 2 amide bonds. The highest BCUT2D eigenvalue weighted by Gasteiger charge is 2.31. The van der Waals surface area contributed by atoms with Gasteiger partial charge in [-0.2, -0.15) is 4.98 Å². The van der Waals surface area contributed by atoms with Crippen LogP contribution >= 0.6 is 0 Å². The zero-order chi connectivity index (χ0) is 17.6. The second kappa shape index (κ2) is 8.42. The summed E-state index contributed by atoms with van der Waals surface area (Å²) in [5, 5.41) is 3.90. The Morgan fingerprint density at radius 3 is 2.60 bits per heavy atom. The zero-order valence-electron chi connectivity index (χ0n) is 14.8. The highest BCUT2D eigenvalue weighted by Crippen LogP contribution is 2.16. The number of amides is 2. The van der Waals surface area contributed by atoms with Gasteiger partial charge in [-0.25, -0.2) is 0 Å². The molecule has 1 unspecified atom stereocenters. The predicted octanol–water partition coefficient (Wildman–Crippen LogP) is 0.805. The van der Waals surface area contributed by atoms with Crippen LogP contribution in [0.5, 0.6) is 0 Å². The number of carbonyl (C=O) groups excluding carboxylic acids is 2. The summed E-state index contributed by atoms with van der Waals surface area (Å²) in [6.07, 6.45) is 4.05. The largest absolute Gasteiger partial charge is 0.368 e. The normalized spacial score (nSPS) is 20.9. The van der Waals surface area contributed by atoms with Crippen LogP contribution in [0.15, 0.2) is 4.52 Å². The maximum absolute atomic E-state index is 12.3. The van der Waals surface area contributed by atoms with E-state index in [0.717, 1.165) is 25.7 Å². The Bertz CT molecular complexity index is 589. The van der Waals surface area contributed by atoms with E-state index in [9.17, 15) is 9.59 Å². The van der Waals surface area contributed by atoms with Gasteiger partial charge in [0.25, 0.3) is 5.91 Å². The highest BCUT2D eigenvalue weighted by molar-refractivity contribution is 5.82. The molecule has 0 N–H and O–H groups in total. The number of ether oxygens (including phenoxy) is 1. The van der Waals surface area contributed by atoms with E-state index in [0.29, 0.717) is 57.3 Å². The molecule has 8 nitrogen and oxygen atoms in total. The number of carbonyl (C=O) groups is 2. The van der Waals surface area contributed by atoms with Crippen LogP contribution in [0, 0.1) is 0 Å². The average Bonchev–Trinajstić information content (AvgIpc) is 3.31. The monoisotopic (exact) mass is 350 g/mol. The molecule has 0 aromatic carbocycles. The maximum Gasteiger partial charge on any atom is 0.251 e. The van der Waals surface area contributed by atoms with Crippen molar-refractivity contribution in [1.82, 2.24) is 19.9 Å². The molecule has 8 heteroatoms. The van der Waals surface area contributed by atoms with E-state index in [1.165, 1.54) is 0 Å². The molecule has 2 saturated heterocycles. The van der Waals surface area contributed by atoms with Crippen molar-refractivity contribution in [2.75, 3.05) is 32.8 Å². The van der Waals surface area contributed by atoms with Gasteiger partial charge in [0, 0.05) is 52.0 Å². The second-order valence-corrected chi connectivity index (χ2v) is 6.56. The summed E-state index contributed by atoms with van der Waals surface area (Å²) in [7, 11) is 0. The Balaban J connectivity index is 1.41. The van der Waals surface area contributed by atoms with E-state index in [-0.39, 0.29) is 17.9 Å².